The van der Waals surface area contributed by atoms with Crippen molar-refractivity contribution in [1.82, 2.24) is 20.5 Å². The van der Waals surface area contributed by atoms with Crippen LogP contribution in [0.5, 0.6) is 5.88 Å². The Labute approximate surface area is 167 Å². The van der Waals surface area contributed by atoms with Gasteiger partial charge in [-0.05, 0) is 57.5 Å². The van der Waals surface area contributed by atoms with Crippen molar-refractivity contribution in [3.05, 3.63) is 36.0 Å². The van der Waals surface area contributed by atoms with Gasteiger partial charge in [-0.2, -0.15) is 0 Å². The van der Waals surface area contributed by atoms with Crippen molar-refractivity contribution in [3.63, 3.8) is 0 Å². The summed E-state index contributed by atoms with van der Waals surface area (Å²) < 4.78 is 5.66. The number of hydrogen-bond donors (Lipinski definition) is 2. The molecule has 2 rings (SSSR count). The number of carbonyl (C=O) groups excluding carboxylic acids is 2. The standard InChI is InChI=1S/C21H32N4O3/c1-17(2)24-20(27)15-19(26)22-9-4-7-13-28-21-14-18(8-10-23-21)16-25-11-5-3-6-12-25/h4,7-8,10,14,17H,3,5-6,9,11-13,15-16H2,1-2H3,(H,22,26)(H,24,27)/b7-4-. The summed E-state index contributed by atoms with van der Waals surface area (Å²) in [6.45, 7) is 7.71. The summed E-state index contributed by atoms with van der Waals surface area (Å²) in [5.41, 5.74) is 1.21. The summed E-state index contributed by atoms with van der Waals surface area (Å²) >= 11 is 0. The van der Waals surface area contributed by atoms with Crippen LogP contribution in [0.2, 0.25) is 0 Å². The monoisotopic (exact) mass is 388 g/mol. The van der Waals surface area contributed by atoms with Gasteiger partial charge in [-0.1, -0.05) is 12.5 Å². The Balaban J connectivity index is 1.63. The van der Waals surface area contributed by atoms with Gasteiger partial charge in [-0.25, -0.2) is 4.98 Å². The molecule has 1 fully saturated rings. The van der Waals surface area contributed by atoms with Gasteiger partial charge in [0.2, 0.25) is 17.7 Å². The van der Waals surface area contributed by atoms with Crippen molar-refractivity contribution < 1.29 is 14.3 Å². The van der Waals surface area contributed by atoms with Gasteiger partial charge >= 0.3 is 0 Å². The molecule has 0 unspecified atom stereocenters. The minimum atomic E-state index is -0.296. The van der Waals surface area contributed by atoms with Crippen molar-refractivity contribution in [2.75, 3.05) is 26.2 Å². The molecule has 0 radical (unpaired) electrons. The van der Waals surface area contributed by atoms with Crippen LogP contribution in [0.3, 0.4) is 0 Å². The Morgan fingerprint density at radius 2 is 2.00 bits per heavy atom. The topological polar surface area (TPSA) is 83.6 Å². The second kappa shape index (κ2) is 12.1. The summed E-state index contributed by atoms with van der Waals surface area (Å²) in [5, 5.41) is 5.36. The van der Waals surface area contributed by atoms with E-state index in [1.54, 1.807) is 12.3 Å². The van der Waals surface area contributed by atoms with E-state index in [4.69, 9.17) is 4.74 Å². The molecule has 1 saturated heterocycles. The molecule has 1 aromatic rings. The number of likely N-dealkylation sites (tertiary alicyclic amines) is 1. The molecule has 7 heteroatoms. The third-order valence-corrected chi connectivity index (χ3v) is 4.34. The van der Waals surface area contributed by atoms with E-state index in [-0.39, 0.29) is 24.3 Å². The van der Waals surface area contributed by atoms with Gasteiger partial charge in [-0.3, -0.25) is 14.5 Å². The average Bonchev–Trinajstić information content (AvgIpc) is 2.65. The van der Waals surface area contributed by atoms with Gasteiger partial charge < -0.3 is 15.4 Å². The number of pyridine rings is 1. The molecule has 154 valence electrons. The fourth-order valence-electron chi connectivity index (χ4n) is 3.04. The second-order valence-electron chi connectivity index (χ2n) is 7.32. The number of rotatable bonds is 10. The predicted molar refractivity (Wildman–Crippen MR) is 109 cm³/mol. The molecule has 28 heavy (non-hydrogen) atoms. The number of amides is 2. The van der Waals surface area contributed by atoms with E-state index in [1.807, 2.05) is 32.1 Å². The predicted octanol–water partition coefficient (Wildman–Crippen LogP) is 2.03. The van der Waals surface area contributed by atoms with Crippen molar-refractivity contribution in [1.29, 1.82) is 0 Å². The number of nitrogens with one attached hydrogen (secondary N) is 2. The van der Waals surface area contributed by atoms with E-state index in [0.29, 0.717) is 19.0 Å². The maximum absolute atomic E-state index is 11.6. The second-order valence-corrected chi connectivity index (χ2v) is 7.32. The highest BCUT2D eigenvalue weighted by molar-refractivity contribution is 5.96. The van der Waals surface area contributed by atoms with Crippen molar-refractivity contribution in [2.24, 2.45) is 0 Å². The van der Waals surface area contributed by atoms with Crippen LogP contribution in [-0.2, 0) is 16.1 Å². The summed E-state index contributed by atoms with van der Waals surface area (Å²) in [6, 6.07) is 4.05. The number of piperidine rings is 1. The van der Waals surface area contributed by atoms with E-state index in [2.05, 4.69) is 20.5 Å². The third-order valence-electron chi connectivity index (χ3n) is 4.34. The molecule has 1 aliphatic heterocycles. The molecule has 2 amide bonds. The molecular formula is C21H32N4O3. The van der Waals surface area contributed by atoms with Crippen LogP contribution in [-0.4, -0.2) is 54.0 Å². The van der Waals surface area contributed by atoms with E-state index in [1.165, 1.54) is 24.8 Å². The molecular weight excluding hydrogens is 356 g/mol. The Hall–Kier alpha value is -2.41. The molecule has 1 aliphatic rings. The van der Waals surface area contributed by atoms with E-state index < -0.39 is 0 Å². The first kappa shape index (κ1) is 21.9. The number of carbonyl (C=O) groups is 2. The summed E-state index contributed by atoms with van der Waals surface area (Å²) in [4.78, 5) is 29.8. The maximum Gasteiger partial charge on any atom is 0.229 e. The lowest BCUT2D eigenvalue weighted by Crippen LogP contribution is -2.35. The summed E-state index contributed by atoms with van der Waals surface area (Å²) in [5.74, 6) is 0.0414. The molecule has 0 aromatic carbocycles. The largest absolute Gasteiger partial charge is 0.473 e. The van der Waals surface area contributed by atoms with E-state index in [9.17, 15) is 9.59 Å². The molecule has 0 saturated carbocycles. The van der Waals surface area contributed by atoms with Crippen LogP contribution in [0.25, 0.3) is 0 Å². The SMILES string of the molecule is CC(C)NC(=O)CC(=O)NC/C=C\COc1cc(CN2CCCCC2)ccn1. The van der Waals surface area contributed by atoms with Crippen LogP contribution in [0.4, 0.5) is 0 Å². The fraction of sp³-hybridized carbons (Fsp3) is 0.571. The quantitative estimate of drug-likeness (QED) is 0.473. The van der Waals surface area contributed by atoms with Crippen LogP contribution < -0.4 is 15.4 Å². The molecule has 0 atom stereocenters. The first-order chi connectivity index (χ1) is 13.5. The van der Waals surface area contributed by atoms with Gasteiger partial charge in [0.1, 0.15) is 13.0 Å². The Morgan fingerprint density at radius 3 is 2.75 bits per heavy atom. The zero-order chi connectivity index (χ0) is 20.2. The first-order valence-corrected chi connectivity index (χ1v) is 10.0. The molecule has 2 N–H and O–H groups in total. The molecule has 0 aliphatic carbocycles. The Kier molecular flexibility index (Phi) is 9.48. The Bertz CT molecular complexity index is 655. The lowest BCUT2D eigenvalue weighted by Gasteiger charge is -2.26. The normalized spacial score (nSPS) is 15.0. The average molecular weight is 389 g/mol. The van der Waals surface area contributed by atoms with Crippen LogP contribution in [0.15, 0.2) is 30.5 Å². The lowest BCUT2D eigenvalue weighted by molar-refractivity contribution is -0.129. The molecule has 0 bridgehead atoms. The highest BCUT2D eigenvalue weighted by Gasteiger charge is 2.11. The Morgan fingerprint density at radius 1 is 1.21 bits per heavy atom. The van der Waals surface area contributed by atoms with Gasteiger partial charge in [0.25, 0.3) is 0 Å². The van der Waals surface area contributed by atoms with E-state index in [0.717, 1.165) is 19.6 Å². The van der Waals surface area contributed by atoms with E-state index >= 15 is 0 Å². The van der Waals surface area contributed by atoms with Gasteiger partial charge in [0.15, 0.2) is 0 Å². The first-order valence-electron chi connectivity index (χ1n) is 10.0. The zero-order valence-corrected chi connectivity index (χ0v) is 16.9. The van der Waals surface area contributed by atoms with Gasteiger partial charge in [-0.15, -0.1) is 0 Å². The van der Waals surface area contributed by atoms with Crippen LogP contribution in [0, 0.1) is 0 Å². The summed E-state index contributed by atoms with van der Waals surface area (Å²) in [7, 11) is 0. The minimum Gasteiger partial charge on any atom is -0.473 e. The highest BCUT2D eigenvalue weighted by atomic mass is 16.5. The minimum absolute atomic E-state index is 0.0318. The number of nitrogens with zero attached hydrogens (tertiary/aromatic N) is 2. The van der Waals surface area contributed by atoms with Crippen LogP contribution >= 0.6 is 0 Å². The lowest BCUT2D eigenvalue weighted by atomic mass is 10.1. The number of ether oxygens (including phenoxy) is 1. The maximum atomic E-state index is 11.6. The van der Waals surface area contributed by atoms with Crippen molar-refractivity contribution >= 4 is 11.8 Å². The zero-order valence-electron chi connectivity index (χ0n) is 16.9. The molecule has 0 spiro atoms. The van der Waals surface area contributed by atoms with Crippen LogP contribution in [0.1, 0.15) is 45.1 Å². The molecule has 1 aromatic heterocycles. The molecule has 7 nitrogen and oxygen atoms in total. The van der Waals surface area contributed by atoms with Gasteiger partial charge in [0.05, 0.1) is 0 Å². The summed E-state index contributed by atoms with van der Waals surface area (Å²) in [6.07, 6.45) is 9.13. The number of aromatic nitrogens is 1. The number of hydrogen-bond acceptors (Lipinski definition) is 5. The molecule has 2 heterocycles. The fourth-order valence-corrected chi connectivity index (χ4v) is 3.04. The van der Waals surface area contributed by atoms with Gasteiger partial charge in [0, 0.05) is 31.4 Å². The third kappa shape index (κ3) is 8.99. The smallest absolute Gasteiger partial charge is 0.229 e. The highest BCUT2D eigenvalue weighted by Crippen LogP contribution is 2.15. The van der Waals surface area contributed by atoms with Crippen molar-refractivity contribution in [2.45, 2.75) is 52.1 Å². The van der Waals surface area contributed by atoms with Crippen molar-refractivity contribution in [3.8, 4) is 5.88 Å².